The normalized spacial score (nSPS) is 20.5. The number of hydrogen-bond donors (Lipinski definition) is 2. The van der Waals surface area contributed by atoms with E-state index < -0.39 is 6.10 Å². The monoisotopic (exact) mass is 318 g/mol. The summed E-state index contributed by atoms with van der Waals surface area (Å²) in [4.78, 5) is 16.4. The second kappa shape index (κ2) is 7.20. The first-order valence-corrected chi connectivity index (χ1v) is 6.84. The standard InChI is InChI=1S/C13H22N4O3.ClH/c1-8(11-16-12(17-20-11)13(2,3)4)15-10(18)9-7-14-5-6-19-9;/h8-9,14H,5-7H2,1-4H3,(H,15,18);1H. The maximum atomic E-state index is 12.0. The summed E-state index contributed by atoms with van der Waals surface area (Å²) in [6, 6.07) is -0.336. The van der Waals surface area contributed by atoms with Crippen molar-refractivity contribution >= 4 is 18.3 Å². The molecule has 2 N–H and O–H groups in total. The van der Waals surface area contributed by atoms with Gasteiger partial charge < -0.3 is 19.9 Å². The summed E-state index contributed by atoms with van der Waals surface area (Å²) in [5.41, 5.74) is -0.179. The van der Waals surface area contributed by atoms with Crippen LogP contribution in [0.4, 0.5) is 0 Å². The number of aromatic nitrogens is 2. The molecule has 1 aliphatic rings. The van der Waals surface area contributed by atoms with Gasteiger partial charge in [-0.2, -0.15) is 4.98 Å². The van der Waals surface area contributed by atoms with E-state index in [1.165, 1.54) is 0 Å². The molecule has 21 heavy (non-hydrogen) atoms. The first-order chi connectivity index (χ1) is 9.38. The summed E-state index contributed by atoms with van der Waals surface area (Å²) >= 11 is 0. The van der Waals surface area contributed by atoms with Gasteiger partial charge in [0.15, 0.2) is 5.82 Å². The number of hydrogen-bond acceptors (Lipinski definition) is 6. The van der Waals surface area contributed by atoms with E-state index in [0.29, 0.717) is 24.9 Å². The van der Waals surface area contributed by atoms with Crippen LogP contribution in [0, 0.1) is 0 Å². The Morgan fingerprint density at radius 2 is 2.19 bits per heavy atom. The molecule has 0 aromatic carbocycles. The third-order valence-corrected chi connectivity index (χ3v) is 3.06. The van der Waals surface area contributed by atoms with Crippen LogP contribution in [0.25, 0.3) is 0 Å². The van der Waals surface area contributed by atoms with Gasteiger partial charge in [-0.3, -0.25) is 4.79 Å². The molecule has 1 aliphatic heterocycles. The predicted octanol–water partition coefficient (Wildman–Crippen LogP) is 0.955. The third-order valence-electron chi connectivity index (χ3n) is 3.06. The minimum atomic E-state index is -0.462. The maximum absolute atomic E-state index is 12.0. The van der Waals surface area contributed by atoms with Crippen LogP contribution in [0.1, 0.15) is 45.5 Å². The number of morpholine rings is 1. The molecule has 2 unspecified atom stereocenters. The van der Waals surface area contributed by atoms with Gasteiger partial charge in [-0.05, 0) is 6.92 Å². The van der Waals surface area contributed by atoms with Gasteiger partial charge in [-0.25, -0.2) is 0 Å². The van der Waals surface area contributed by atoms with Crippen molar-refractivity contribution in [2.75, 3.05) is 19.7 Å². The van der Waals surface area contributed by atoms with E-state index in [2.05, 4.69) is 20.8 Å². The zero-order valence-corrected chi connectivity index (χ0v) is 13.6. The molecular formula is C13H23ClN4O3. The highest BCUT2D eigenvalue weighted by atomic mass is 35.5. The SMILES string of the molecule is CC(NC(=O)C1CNCCO1)c1nc(C(C)(C)C)no1.Cl. The average Bonchev–Trinajstić information content (AvgIpc) is 2.89. The molecule has 0 bridgehead atoms. The quantitative estimate of drug-likeness (QED) is 0.862. The molecule has 1 saturated heterocycles. The Bertz CT molecular complexity index is 466. The van der Waals surface area contributed by atoms with Crippen molar-refractivity contribution < 1.29 is 14.1 Å². The summed E-state index contributed by atoms with van der Waals surface area (Å²) in [6.07, 6.45) is -0.462. The predicted molar refractivity (Wildman–Crippen MR) is 79.4 cm³/mol. The van der Waals surface area contributed by atoms with Crippen LogP contribution in [0.3, 0.4) is 0 Å². The van der Waals surface area contributed by atoms with Crippen LogP contribution in [0.2, 0.25) is 0 Å². The Balaban J connectivity index is 0.00000220. The zero-order valence-electron chi connectivity index (χ0n) is 12.8. The van der Waals surface area contributed by atoms with Crippen molar-refractivity contribution in [2.24, 2.45) is 0 Å². The number of rotatable bonds is 3. The molecule has 2 rings (SSSR count). The minimum Gasteiger partial charge on any atom is -0.366 e. The fourth-order valence-electron chi connectivity index (χ4n) is 1.82. The van der Waals surface area contributed by atoms with Crippen molar-refractivity contribution in [1.29, 1.82) is 0 Å². The molecule has 0 spiro atoms. The van der Waals surface area contributed by atoms with Crippen LogP contribution in [-0.4, -0.2) is 41.8 Å². The van der Waals surface area contributed by atoms with Crippen molar-refractivity contribution in [1.82, 2.24) is 20.8 Å². The second-order valence-electron chi connectivity index (χ2n) is 6.00. The lowest BCUT2D eigenvalue weighted by Crippen LogP contribution is -2.48. The highest BCUT2D eigenvalue weighted by Gasteiger charge is 2.27. The lowest BCUT2D eigenvalue weighted by atomic mass is 9.96. The Morgan fingerprint density at radius 3 is 2.71 bits per heavy atom. The molecule has 120 valence electrons. The molecule has 0 aliphatic carbocycles. The van der Waals surface area contributed by atoms with Gasteiger partial charge in [0.2, 0.25) is 5.89 Å². The molecule has 2 atom stereocenters. The Hall–Kier alpha value is -1.18. The molecule has 1 aromatic heterocycles. The number of halogens is 1. The molecule has 1 amide bonds. The molecule has 8 heteroatoms. The third kappa shape index (κ3) is 4.66. The van der Waals surface area contributed by atoms with E-state index in [9.17, 15) is 4.79 Å². The summed E-state index contributed by atoms with van der Waals surface area (Å²) < 4.78 is 10.6. The van der Waals surface area contributed by atoms with Gasteiger partial charge in [-0.15, -0.1) is 12.4 Å². The van der Waals surface area contributed by atoms with E-state index in [1.807, 2.05) is 27.7 Å². The van der Waals surface area contributed by atoms with Gasteiger partial charge in [-0.1, -0.05) is 25.9 Å². The highest BCUT2D eigenvalue weighted by molar-refractivity contribution is 5.85. The lowest BCUT2D eigenvalue weighted by molar-refractivity contribution is -0.135. The number of nitrogens with zero attached hydrogens (tertiary/aromatic N) is 2. The Morgan fingerprint density at radius 1 is 1.48 bits per heavy atom. The highest BCUT2D eigenvalue weighted by Crippen LogP contribution is 2.20. The fourth-order valence-corrected chi connectivity index (χ4v) is 1.82. The van der Waals surface area contributed by atoms with Gasteiger partial charge in [0.05, 0.1) is 6.61 Å². The number of ether oxygens (including phenoxy) is 1. The lowest BCUT2D eigenvalue weighted by Gasteiger charge is -2.23. The molecule has 0 radical (unpaired) electrons. The smallest absolute Gasteiger partial charge is 0.251 e. The van der Waals surface area contributed by atoms with Crippen LogP contribution >= 0.6 is 12.4 Å². The van der Waals surface area contributed by atoms with E-state index in [-0.39, 0.29) is 29.8 Å². The molecule has 7 nitrogen and oxygen atoms in total. The first kappa shape index (κ1) is 17.9. The second-order valence-corrected chi connectivity index (χ2v) is 6.00. The summed E-state index contributed by atoms with van der Waals surface area (Å²) in [5, 5.41) is 9.89. The van der Waals surface area contributed by atoms with E-state index in [0.717, 1.165) is 6.54 Å². The first-order valence-electron chi connectivity index (χ1n) is 6.84. The molecule has 2 heterocycles. The Labute approximate surface area is 130 Å². The van der Waals surface area contributed by atoms with Gasteiger partial charge in [0.1, 0.15) is 12.1 Å². The van der Waals surface area contributed by atoms with E-state index in [1.54, 1.807) is 0 Å². The number of carbonyl (C=O) groups is 1. The van der Waals surface area contributed by atoms with E-state index in [4.69, 9.17) is 9.26 Å². The molecule has 1 fully saturated rings. The molecular weight excluding hydrogens is 296 g/mol. The number of amides is 1. The van der Waals surface area contributed by atoms with Gasteiger partial charge in [0, 0.05) is 18.5 Å². The number of nitrogens with one attached hydrogen (secondary N) is 2. The maximum Gasteiger partial charge on any atom is 0.251 e. The minimum absolute atomic E-state index is 0. The summed E-state index contributed by atoms with van der Waals surface area (Å²) in [7, 11) is 0. The largest absolute Gasteiger partial charge is 0.366 e. The van der Waals surface area contributed by atoms with Crippen LogP contribution in [0.15, 0.2) is 4.52 Å². The molecule has 1 aromatic rings. The topological polar surface area (TPSA) is 89.3 Å². The zero-order chi connectivity index (χ0) is 14.8. The van der Waals surface area contributed by atoms with Gasteiger partial charge >= 0.3 is 0 Å². The molecule has 0 saturated carbocycles. The van der Waals surface area contributed by atoms with Crippen LogP contribution in [0.5, 0.6) is 0 Å². The van der Waals surface area contributed by atoms with Crippen molar-refractivity contribution in [3.8, 4) is 0 Å². The summed E-state index contributed by atoms with van der Waals surface area (Å²) in [6.45, 7) is 9.67. The van der Waals surface area contributed by atoms with Crippen molar-refractivity contribution in [3.05, 3.63) is 11.7 Å². The van der Waals surface area contributed by atoms with E-state index >= 15 is 0 Å². The van der Waals surface area contributed by atoms with Crippen LogP contribution < -0.4 is 10.6 Å². The number of carbonyl (C=O) groups excluding carboxylic acids is 1. The van der Waals surface area contributed by atoms with Crippen molar-refractivity contribution in [3.63, 3.8) is 0 Å². The van der Waals surface area contributed by atoms with Crippen LogP contribution in [-0.2, 0) is 14.9 Å². The fraction of sp³-hybridized carbons (Fsp3) is 0.769. The van der Waals surface area contributed by atoms with Crippen molar-refractivity contribution in [2.45, 2.75) is 45.3 Å². The average molecular weight is 319 g/mol. The Kier molecular flexibility index (Phi) is 6.12. The summed E-state index contributed by atoms with van der Waals surface area (Å²) in [5.74, 6) is 0.872. The van der Waals surface area contributed by atoms with Gasteiger partial charge in [0.25, 0.3) is 5.91 Å².